The van der Waals surface area contributed by atoms with Crippen molar-refractivity contribution in [3.05, 3.63) is 0 Å². The molecule has 0 aromatic carbocycles. The Morgan fingerprint density at radius 1 is 1.30 bits per heavy atom. The molecule has 62 valence electrons. The molecule has 0 heterocycles. The fourth-order valence-corrected chi connectivity index (χ4v) is 2.04. The highest BCUT2D eigenvalue weighted by atomic mass is 32.1. The summed E-state index contributed by atoms with van der Waals surface area (Å²) in [6.45, 7) is 3.64. The number of hydrogen-bond acceptors (Lipinski definition) is 4. The standard InChI is InChI=1S/C5H14O3SSi/c1-5(9)8-10(4,6-2)7-3/h5,9H,1-4H3. The molecule has 1 atom stereocenters. The summed E-state index contributed by atoms with van der Waals surface area (Å²) in [5, 5.41) is 0. The Morgan fingerprint density at radius 2 is 1.70 bits per heavy atom. The predicted molar refractivity (Wildman–Crippen MR) is 45.2 cm³/mol. The SMILES string of the molecule is CO[Si](C)(OC)OC(C)S. The van der Waals surface area contributed by atoms with E-state index in [2.05, 4.69) is 12.6 Å². The zero-order valence-corrected chi connectivity index (χ0v) is 8.64. The molecule has 0 radical (unpaired) electrons. The van der Waals surface area contributed by atoms with Crippen molar-refractivity contribution in [1.82, 2.24) is 0 Å². The van der Waals surface area contributed by atoms with Gasteiger partial charge >= 0.3 is 8.80 Å². The van der Waals surface area contributed by atoms with Crippen LogP contribution in [0.15, 0.2) is 0 Å². The van der Waals surface area contributed by atoms with Gasteiger partial charge in [-0.25, -0.2) is 0 Å². The Morgan fingerprint density at radius 3 is 1.80 bits per heavy atom. The number of thiol groups is 1. The van der Waals surface area contributed by atoms with Crippen LogP contribution in [0.3, 0.4) is 0 Å². The molecule has 0 saturated carbocycles. The normalized spacial score (nSPS) is 15.3. The van der Waals surface area contributed by atoms with E-state index in [1.54, 1.807) is 14.2 Å². The quantitative estimate of drug-likeness (QED) is 0.401. The first kappa shape index (κ1) is 10.4. The molecule has 3 nitrogen and oxygen atoms in total. The van der Waals surface area contributed by atoms with Gasteiger partial charge in [-0.05, 0) is 6.92 Å². The Balaban J connectivity index is 3.80. The average molecular weight is 182 g/mol. The van der Waals surface area contributed by atoms with Gasteiger partial charge in [0.15, 0.2) is 0 Å². The van der Waals surface area contributed by atoms with Crippen molar-refractivity contribution in [2.75, 3.05) is 14.2 Å². The van der Waals surface area contributed by atoms with E-state index >= 15 is 0 Å². The van der Waals surface area contributed by atoms with Crippen LogP contribution in [-0.2, 0) is 13.3 Å². The highest BCUT2D eigenvalue weighted by molar-refractivity contribution is 7.80. The van der Waals surface area contributed by atoms with E-state index in [0.717, 1.165) is 0 Å². The number of rotatable bonds is 4. The molecule has 0 fully saturated rings. The van der Waals surface area contributed by atoms with Crippen LogP contribution in [0.25, 0.3) is 0 Å². The van der Waals surface area contributed by atoms with Gasteiger partial charge in [-0.1, -0.05) is 0 Å². The van der Waals surface area contributed by atoms with Gasteiger partial charge in [0.1, 0.15) is 0 Å². The molecule has 5 heteroatoms. The first-order valence-corrected chi connectivity index (χ1v) is 5.74. The summed E-state index contributed by atoms with van der Waals surface area (Å²) < 4.78 is 15.4. The molecular formula is C5H14O3SSi. The molecule has 0 aliphatic carbocycles. The summed E-state index contributed by atoms with van der Waals surface area (Å²) in [5.41, 5.74) is -0.142. The van der Waals surface area contributed by atoms with Gasteiger partial charge in [0.25, 0.3) is 0 Å². The van der Waals surface area contributed by atoms with Gasteiger partial charge < -0.3 is 13.3 Å². The molecule has 0 spiro atoms. The van der Waals surface area contributed by atoms with Gasteiger partial charge in [0.05, 0.1) is 5.44 Å². The van der Waals surface area contributed by atoms with Crippen molar-refractivity contribution in [1.29, 1.82) is 0 Å². The van der Waals surface area contributed by atoms with Crippen LogP contribution in [0.5, 0.6) is 0 Å². The van der Waals surface area contributed by atoms with E-state index in [9.17, 15) is 0 Å². The van der Waals surface area contributed by atoms with Crippen molar-refractivity contribution in [2.24, 2.45) is 0 Å². The zero-order chi connectivity index (χ0) is 8.20. The van der Waals surface area contributed by atoms with Gasteiger partial charge in [0, 0.05) is 20.8 Å². The Kier molecular flexibility index (Phi) is 4.55. The van der Waals surface area contributed by atoms with E-state index in [4.69, 9.17) is 13.3 Å². The van der Waals surface area contributed by atoms with E-state index in [0.29, 0.717) is 0 Å². The van der Waals surface area contributed by atoms with E-state index in [1.165, 1.54) is 0 Å². The second-order valence-corrected chi connectivity index (χ2v) is 5.49. The molecule has 0 aliphatic heterocycles. The van der Waals surface area contributed by atoms with Crippen molar-refractivity contribution < 1.29 is 13.3 Å². The molecule has 0 aliphatic rings. The summed E-state index contributed by atoms with van der Waals surface area (Å²) in [6, 6.07) is 0. The molecular weight excluding hydrogens is 168 g/mol. The molecule has 0 aromatic rings. The smallest absolute Gasteiger partial charge is 0.377 e. The second kappa shape index (κ2) is 4.35. The Hall–Kier alpha value is 0.447. The molecule has 0 rings (SSSR count). The predicted octanol–water partition coefficient (Wildman–Crippen LogP) is 1.14. The molecule has 1 unspecified atom stereocenters. The van der Waals surface area contributed by atoms with Crippen LogP contribution in [-0.4, -0.2) is 28.5 Å². The maximum absolute atomic E-state index is 5.29. The monoisotopic (exact) mass is 182 g/mol. The molecule has 0 N–H and O–H groups in total. The van der Waals surface area contributed by atoms with E-state index in [-0.39, 0.29) is 5.44 Å². The third-order valence-electron chi connectivity index (χ3n) is 1.13. The molecule has 0 bridgehead atoms. The topological polar surface area (TPSA) is 27.7 Å². The largest absolute Gasteiger partial charge is 0.497 e. The lowest BCUT2D eigenvalue weighted by molar-refractivity contribution is 0.101. The molecule has 0 saturated heterocycles. The van der Waals surface area contributed by atoms with Gasteiger partial charge in [-0.3, -0.25) is 0 Å². The van der Waals surface area contributed by atoms with Crippen molar-refractivity contribution >= 4 is 21.4 Å². The fraction of sp³-hybridized carbons (Fsp3) is 1.00. The molecule has 0 amide bonds. The van der Waals surface area contributed by atoms with Crippen LogP contribution in [0.2, 0.25) is 6.55 Å². The average Bonchev–Trinajstić information content (AvgIpc) is 1.87. The summed E-state index contributed by atoms with van der Waals surface area (Å²) in [7, 11) is 0.814. The highest BCUT2D eigenvalue weighted by Crippen LogP contribution is 2.10. The minimum Gasteiger partial charge on any atom is -0.377 e. The minimum atomic E-state index is -2.34. The highest BCUT2D eigenvalue weighted by Gasteiger charge is 2.33. The Bertz CT molecular complexity index is 94.9. The molecule has 0 aromatic heterocycles. The number of hydrogen-bond donors (Lipinski definition) is 1. The van der Waals surface area contributed by atoms with Gasteiger partial charge in [-0.15, -0.1) is 12.6 Å². The van der Waals surface area contributed by atoms with Crippen LogP contribution < -0.4 is 0 Å². The summed E-state index contributed by atoms with van der Waals surface area (Å²) >= 11 is 4.05. The summed E-state index contributed by atoms with van der Waals surface area (Å²) in [6.07, 6.45) is 0. The Labute approximate surface area is 68.4 Å². The minimum absolute atomic E-state index is 0.142. The summed E-state index contributed by atoms with van der Waals surface area (Å²) in [4.78, 5) is 0. The van der Waals surface area contributed by atoms with Crippen LogP contribution in [0.1, 0.15) is 6.92 Å². The third kappa shape index (κ3) is 3.57. The van der Waals surface area contributed by atoms with E-state index in [1.807, 2.05) is 13.5 Å². The van der Waals surface area contributed by atoms with Crippen molar-refractivity contribution in [3.8, 4) is 0 Å². The van der Waals surface area contributed by atoms with Crippen LogP contribution >= 0.6 is 12.6 Å². The summed E-state index contributed by atoms with van der Waals surface area (Å²) in [5.74, 6) is 0. The lowest BCUT2D eigenvalue weighted by Gasteiger charge is -2.23. The molecule has 10 heavy (non-hydrogen) atoms. The van der Waals surface area contributed by atoms with Crippen molar-refractivity contribution in [2.45, 2.75) is 18.9 Å². The van der Waals surface area contributed by atoms with Crippen LogP contribution in [0, 0.1) is 0 Å². The maximum atomic E-state index is 5.29. The lowest BCUT2D eigenvalue weighted by Crippen LogP contribution is -2.41. The lowest BCUT2D eigenvalue weighted by atomic mass is 10.9. The second-order valence-electron chi connectivity index (χ2n) is 1.99. The first-order valence-electron chi connectivity index (χ1n) is 3.00. The zero-order valence-electron chi connectivity index (χ0n) is 6.75. The maximum Gasteiger partial charge on any atom is 0.497 e. The van der Waals surface area contributed by atoms with Crippen LogP contribution in [0.4, 0.5) is 0 Å². The van der Waals surface area contributed by atoms with E-state index < -0.39 is 8.80 Å². The first-order chi connectivity index (χ1) is 4.54. The van der Waals surface area contributed by atoms with Crippen molar-refractivity contribution in [3.63, 3.8) is 0 Å². The fourth-order valence-electron chi connectivity index (χ4n) is 0.489. The third-order valence-corrected chi connectivity index (χ3v) is 3.69. The van der Waals surface area contributed by atoms with Gasteiger partial charge in [0.2, 0.25) is 0 Å². The van der Waals surface area contributed by atoms with Gasteiger partial charge in [-0.2, -0.15) is 0 Å².